The minimum atomic E-state index is -0.632. The van der Waals surface area contributed by atoms with Crippen molar-refractivity contribution in [1.82, 2.24) is 34.4 Å². The molecule has 1 aliphatic carbocycles. The predicted octanol–water partition coefficient (Wildman–Crippen LogP) is 6.17. The average Bonchev–Trinajstić information content (AvgIpc) is 4.09. The van der Waals surface area contributed by atoms with E-state index in [4.69, 9.17) is 9.84 Å². The second-order valence-corrected chi connectivity index (χ2v) is 16.6. The molecule has 0 spiro atoms. The number of hydrogen-bond acceptors (Lipinski definition) is 10. The molecule has 1 aliphatic heterocycles. The maximum absolute atomic E-state index is 15.2. The fourth-order valence-electron chi connectivity index (χ4n) is 6.53. The number of fused-ring (bicyclic) bond motifs is 1. The summed E-state index contributed by atoms with van der Waals surface area (Å²) in [7, 11) is 6.93. The molecule has 0 N–H and O–H groups in total. The largest absolute Gasteiger partial charge is 0.445 e. The van der Waals surface area contributed by atoms with Gasteiger partial charge in [0.1, 0.15) is 24.1 Å². The van der Waals surface area contributed by atoms with Gasteiger partial charge >= 0.3 is 6.09 Å². The van der Waals surface area contributed by atoms with E-state index < -0.39 is 17.8 Å². The summed E-state index contributed by atoms with van der Waals surface area (Å²) in [4.78, 5) is 65.6. The summed E-state index contributed by atoms with van der Waals surface area (Å²) in [5, 5.41) is 6.69. The standard InChI is InChI=1S/C42H44FN7O5S2/c1-46(2)19-20-49(42(54)55-27-29-10-15-32(16-11-29)56-57-38-9-5-6-18-44-38)28-50-41(53)34-8-4-3-7-33(34)37(45-50)26-30-12-17-36(43)35(25-30)40(52)48-23-21-47(22-24-48)39(51)31-13-14-31/h3-12,15-18,25,31H,13-14,19-24,26-28H2,1-2H3. The molecule has 2 fully saturated rings. The fourth-order valence-corrected chi connectivity index (χ4v) is 8.37. The predicted molar refractivity (Wildman–Crippen MR) is 218 cm³/mol. The van der Waals surface area contributed by atoms with Crippen LogP contribution in [0.15, 0.2) is 106 Å². The molecule has 57 heavy (non-hydrogen) atoms. The van der Waals surface area contributed by atoms with Crippen molar-refractivity contribution in [3.05, 3.63) is 130 Å². The van der Waals surface area contributed by atoms with Crippen LogP contribution in [-0.2, 0) is 29.2 Å². The highest BCUT2D eigenvalue weighted by atomic mass is 33.1. The molecule has 1 saturated carbocycles. The number of ether oxygens (including phenoxy) is 1. The first kappa shape index (κ1) is 40.0. The molecule has 0 atom stereocenters. The van der Waals surface area contributed by atoms with Gasteiger partial charge in [0.25, 0.3) is 11.5 Å². The number of amides is 3. The summed E-state index contributed by atoms with van der Waals surface area (Å²) in [5.74, 6) is -0.813. The Morgan fingerprint density at radius 1 is 0.842 bits per heavy atom. The Morgan fingerprint density at radius 2 is 1.54 bits per heavy atom. The van der Waals surface area contributed by atoms with Gasteiger partial charge in [0.2, 0.25) is 5.91 Å². The topological polar surface area (TPSA) is 121 Å². The Kier molecular flexibility index (Phi) is 12.9. The summed E-state index contributed by atoms with van der Waals surface area (Å²) >= 11 is 0. The van der Waals surface area contributed by atoms with E-state index in [1.165, 1.54) is 21.7 Å². The van der Waals surface area contributed by atoms with Crippen molar-refractivity contribution in [1.29, 1.82) is 0 Å². The quantitative estimate of drug-likeness (QED) is 0.121. The second kappa shape index (κ2) is 18.3. The molecule has 3 amide bonds. The van der Waals surface area contributed by atoms with Gasteiger partial charge in [-0.15, -0.1) is 0 Å². The van der Waals surface area contributed by atoms with E-state index in [0.29, 0.717) is 54.8 Å². The first-order chi connectivity index (χ1) is 27.6. The average molecular weight is 810 g/mol. The number of halogens is 1. The van der Waals surface area contributed by atoms with Gasteiger partial charge in [-0.2, -0.15) is 5.10 Å². The third-order valence-electron chi connectivity index (χ3n) is 9.91. The summed E-state index contributed by atoms with van der Waals surface area (Å²) in [6, 6.07) is 25.0. The third-order valence-corrected chi connectivity index (χ3v) is 12.2. The Morgan fingerprint density at radius 3 is 2.25 bits per heavy atom. The molecule has 2 aliphatic rings. The number of benzene rings is 3. The van der Waals surface area contributed by atoms with E-state index in [2.05, 4.69) is 4.98 Å². The van der Waals surface area contributed by atoms with Gasteiger partial charge < -0.3 is 19.4 Å². The van der Waals surface area contributed by atoms with Crippen molar-refractivity contribution in [2.24, 2.45) is 5.92 Å². The molecule has 1 saturated heterocycles. The highest BCUT2D eigenvalue weighted by molar-refractivity contribution is 8.76. The van der Waals surface area contributed by atoms with Crippen LogP contribution < -0.4 is 5.56 Å². The molecule has 0 unspecified atom stereocenters. The molecule has 0 bridgehead atoms. The molecule has 5 aromatic rings. The van der Waals surface area contributed by atoms with Crippen molar-refractivity contribution < 1.29 is 23.5 Å². The van der Waals surface area contributed by atoms with E-state index in [1.54, 1.807) is 61.8 Å². The molecule has 7 rings (SSSR count). The monoisotopic (exact) mass is 809 g/mol. The van der Waals surface area contributed by atoms with E-state index in [9.17, 15) is 19.2 Å². The van der Waals surface area contributed by atoms with Crippen LogP contribution in [0.3, 0.4) is 0 Å². The molecule has 3 heterocycles. The highest BCUT2D eigenvalue weighted by Crippen LogP contribution is 2.36. The van der Waals surface area contributed by atoms with Gasteiger partial charge in [-0.3, -0.25) is 19.3 Å². The molecule has 296 valence electrons. The lowest BCUT2D eigenvalue weighted by molar-refractivity contribution is -0.134. The SMILES string of the molecule is CN(C)CCN(Cn1nc(Cc2ccc(F)c(C(=O)N3CCN(C(=O)C4CC4)CC3)c2)c2ccccc2c1=O)C(=O)OCc1ccc(SSc2ccccn2)cc1. The number of carbonyl (C=O) groups excluding carboxylic acids is 3. The summed E-state index contributed by atoms with van der Waals surface area (Å²) in [6.45, 7) is 2.20. The Balaban J connectivity index is 1.05. The van der Waals surface area contributed by atoms with Gasteiger partial charge in [0.05, 0.1) is 16.6 Å². The van der Waals surface area contributed by atoms with Crippen LogP contribution >= 0.6 is 21.6 Å². The molecule has 0 radical (unpaired) electrons. The van der Waals surface area contributed by atoms with Gasteiger partial charge in [-0.25, -0.2) is 18.9 Å². The van der Waals surface area contributed by atoms with Gasteiger partial charge in [-0.05, 0) is 91.3 Å². The van der Waals surface area contributed by atoms with E-state index in [0.717, 1.165) is 28.3 Å². The normalized spacial score (nSPS) is 14.2. The van der Waals surface area contributed by atoms with Crippen LogP contribution in [-0.4, -0.2) is 106 Å². The second-order valence-electron chi connectivity index (χ2n) is 14.4. The first-order valence-corrected chi connectivity index (χ1v) is 21.0. The Bertz CT molecular complexity index is 2280. The Hall–Kier alpha value is -5.25. The van der Waals surface area contributed by atoms with E-state index in [1.807, 2.05) is 67.5 Å². The molecule has 2 aromatic heterocycles. The van der Waals surface area contributed by atoms with Crippen LogP contribution in [0.1, 0.15) is 40.0 Å². The fraction of sp³-hybridized carbons (Fsp3) is 0.333. The molecule has 3 aromatic carbocycles. The van der Waals surface area contributed by atoms with E-state index >= 15 is 4.39 Å². The highest BCUT2D eigenvalue weighted by Gasteiger charge is 2.35. The van der Waals surface area contributed by atoms with Crippen LogP contribution in [0.2, 0.25) is 0 Å². The van der Waals surface area contributed by atoms with Gasteiger partial charge in [0.15, 0.2) is 0 Å². The number of piperazine rings is 1. The number of carbonyl (C=O) groups is 3. The van der Waals surface area contributed by atoms with Gasteiger partial charge in [0, 0.05) is 68.1 Å². The lowest BCUT2D eigenvalue weighted by Crippen LogP contribution is -2.51. The van der Waals surface area contributed by atoms with E-state index in [-0.39, 0.29) is 49.2 Å². The number of nitrogens with zero attached hydrogens (tertiary/aromatic N) is 7. The van der Waals surface area contributed by atoms with Crippen LogP contribution in [0.25, 0.3) is 10.8 Å². The lowest BCUT2D eigenvalue weighted by atomic mass is 10.0. The molecule has 12 nitrogen and oxygen atoms in total. The third kappa shape index (κ3) is 10.2. The number of likely N-dealkylation sites (N-methyl/N-ethyl adjacent to an activating group) is 1. The molecular formula is C42H44FN7O5S2. The molecular weight excluding hydrogens is 766 g/mol. The van der Waals surface area contributed by atoms with Crippen molar-refractivity contribution >= 4 is 50.3 Å². The van der Waals surface area contributed by atoms with Crippen LogP contribution in [0, 0.1) is 11.7 Å². The first-order valence-electron chi connectivity index (χ1n) is 18.9. The zero-order chi connectivity index (χ0) is 39.9. The number of hydrogen-bond donors (Lipinski definition) is 0. The zero-order valence-corrected chi connectivity index (χ0v) is 33.5. The Labute approximate surface area is 338 Å². The maximum atomic E-state index is 15.2. The van der Waals surface area contributed by atoms with Crippen molar-refractivity contribution in [2.45, 2.75) is 42.5 Å². The molecule has 15 heteroatoms. The summed E-state index contributed by atoms with van der Waals surface area (Å²) in [6.07, 6.45) is 3.20. The number of aromatic nitrogens is 3. The van der Waals surface area contributed by atoms with Crippen molar-refractivity contribution in [3.8, 4) is 0 Å². The lowest BCUT2D eigenvalue weighted by Gasteiger charge is -2.35. The summed E-state index contributed by atoms with van der Waals surface area (Å²) < 4.78 is 22.2. The van der Waals surface area contributed by atoms with Crippen molar-refractivity contribution in [3.63, 3.8) is 0 Å². The van der Waals surface area contributed by atoms with Crippen LogP contribution in [0.5, 0.6) is 0 Å². The minimum Gasteiger partial charge on any atom is -0.445 e. The number of pyridine rings is 1. The maximum Gasteiger partial charge on any atom is 0.411 e. The van der Waals surface area contributed by atoms with Crippen LogP contribution in [0.4, 0.5) is 9.18 Å². The zero-order valence-electron chi connectivity index (χ0n) is 31.9. The van der Waals surface area contributed by atoms with Gasteiger partial charge in [-0.1, -0.05) is 53.3 Å². The minimum absolute atomic E-state index is 0.0425. The smallest absolute Gasteiger partial charge is 0.411 e. The van der Waals surface area contributed by atoms with Crippen molar-refractivity contribution in [2.75, 3.05) is 53.4 Å². The number of rotatable bonds is 14. The summed E-state index contributed by atoms with van der Waals surface area (Å²) in [5.41, 5.74) is 1.55.